The molecule has 0 bridgehead atoms. The minimum Gasteiger partial charge on any atom is -0.379 e. The lowest BCUT2D eigenvalue weighted by molar-refractivity contribution is 0.346. The van der Waals surface area contributed by atoms with E-state index in [-0.39, 0.29) is 5.54 Å². The van der Waals surface area contributed by atoms with Gasteiger partial charge in [-0.2, -0.15) is 0 Å². The van der Waals surface area contributed by atoms with Crippen molar-refractivity contribution in [2.75, 3.05) is 5.32 Å². The van der Waals surface area contributed by atoms with Crippen LogP contribution in [0, 0.1) is 6.92 Å². The average Bonchev–Trinajstić information content (AvgIpc) is 2.37. The third kappa shape index (κ3) is 3.86. The first-order valence-corrected chi connectivity index (χ1v) is 7.70. The number of para-hydroxylation sites is 1. The van der Waals surface area contributed by atoms with Gasteiger partial charge < -0.3 is 5.32 Å². The SMILES string of the molecule is C=CCC1(Nc2ccccc2C)CCCCCCC1. The van der Waals surface area contributed by atoms with E-state index in [0.717, 1.165) is 6.42 Å². The fourth-order valence-corrected chi connectivity index (χ4v) is 3.24. The highest BCUT2D eigenvalue weighted by molar-refractivity contribution is 5.52. The maximum absolute atomic E-state index is 3.98. The summed E-state index contributed by atoms with van der Waals surface area (Å²) in [6.07, 6.45) is 12.6. The second-order valence-corrected chi connectivity index (χ2v) is 5.98. The van der Waals surface area contributed by atoms with Crippen molar-refractivity contribution in [1.82, 2.24) is 0 Å². The third-order valence-electron chi connectivity index (χ3n) is 4.39. The van der Waals surface area contributed by atoms with E-state index in [4.69, 9.17) is 0 Å². The van der Waals surface area contributed by atoms with E-state index in [1.807, 2.05) is 0 Å². The molecule has 1 N–H and O–H groups in total. The minimum absolute atomic E-state index is 0.230. The standard InChI is InChI=1S/C18H27N/c1-3-13-18(14-9-5-4-6-10-15-18)19-17-12-8-7-11-16(17)2/h3,7-8,11-12,19H,1,4-6,9-10,13-15H2,2H3. The molecule has 1 heteroatoms. The minimum atomic E-state index is 0.230. The van der Waals surface area contributed by atoms with Gasteiger partial charge in [-0.1, -0.05) is 56.4 Å². The van der Waals surface area contributed by atoms with E-state index in [0.29, 0.717) is 0 Å². The van der Waals surface area contributed by atoms with Crippen molar-refractivity contribution in [3.63, 3.8) is 0 Å². The van der Waals surface area contributed by atoms with Gasteiger partial charge in [-0.15, -0.1) is 6.58 Å². The first-order chi connectivity index (χ1) is 9.26. The first-order valence-electron chi connectivity index (χ1n) is 7.70. The molecule has 0 spiro atoms. The summed E-state index contributed by atoms with van der Waals surface area (Å²) >= 11 is 0. The average molecular weight is 257 g/mol. The van der Waals surface area contributed by atoms with Gasteiger partial charge in [0.25, 0.3) is 0 Å². The summed E-state index contributed by atoms with van der Waals surface area (Å²) in [5.41, 5.74) is 2.87. The predicted molar refractivity (Wildman–Crippen MR) is 84.7 cm³/mol. The van der Waals surface area contributed by atoms with Crippen LogP contribution in [0.5, 0.6) is 0 Å². The normalized spacial score (nSPS) is 19.2. The smallest absolute Gasteiger partial charge is 0.0408 e. The largest absolute Gasteiger partial charge is 0.379 e. The molecular formula is C18H27N. The Bertz CT molecular complexity index is 400. The van der Waals surface area contributed by atoms with Crippen LogP contribution in [0.15, 0.2) is 36.9 Å². The zero-order valence-corrected chi connectivity index (χ0v) is 12.3. The Morgan fingerprint density at radius 3 is 2.37 bits per heavy atom. The first kappa shape index (κ1) is 14.2. The van der Waals surface area contributed by atoms with E-state index >= 15 is 0 Å². The fraction of sp³-hybridized carbons (Fsp3) is 0.556. The number of hydrogen-bond donors (Lipinski definition) is 1. The van der Waals surface area contributed by atoms with Crippen LogP contribution in [0.2, 0.25) is 0 Å². The Morgan fingerprint density at radius 2 is 1.74 bits per heavy atom. The van der Waals surface area contributed by atoms with Crippen LogP contribution in [-0.2, 0) is 0 Å². The Morgan fingerprint density at radius 1 is 1.11 bits per heavy atom. The van der Waals surface area contributed by atoms with Gasteiger partial charge in [0, 0.05) is 11.2 Å². The van der Waals surface area contributed by atoms with Gasteiger partial charge in [0.05, 0.1) is 0 Å². The molecule has 104 valence electrons. The summed E-state index contributed by atoms with van der Waals surface area (Å²) in [5.74, 6) is 0. The maximum atomic E-state index is 3.98. The van der Waals surface area contributed by atoms with Crippen LogP contribution in [0.4, 0.5) is 5.69 Å². The summed E-state index contributed by atoms with van der Waals surface area (Å²) in [7, 11) is 0. The van der Waals surface area contributed by atoms with Crippen molar-refractivity contribution in [2.45, 2.75) is 63.8 Å². The van der Waals surface area contributed by atoms with Crippen LogP contribution in [0.25, 0.3) is 0 Å². The van der Waals surface area contributed by atoms with Crippen LogP contribution in [-0.4, -0.2) is 5.54 Å². The van der Waals surface area contributed by atoms with Crippen molar-refractivity contribution in [3.8, 4) is 0 Å². The predicted octanol–water partition coefficient (Wildman–Crippen LogP) is 5.47. The van der Waals surface area contributed by atoms with Crippen LogP contribution < -0.4 is 5.32 Å². The monoisotopic (exact) mass is 257 g/mol. The lowest BCUT2D eigenvalue weighted by Gasteiger charge is -2.37. The zero-order valence-electron chi connectivity index (χ0n) is 12.3. The molecule has 0 aliphatic heterocycles. The molecule has 0 unspecified atom stereocenters. The summed E-state index contributed by atoms with van der Waals surface area (Å²) in [4.78, 5) is 0. The van der Waals surface area contributed by atoms with Crippen LogP contribution >= 0.6 is 0 Å². The molecule has 0 atom stereocenters. The molecule has 1 aliphatic rings. The van der Waals surface area contributed by atoms with Gasteiger partial charge in [-0.25, -0.2) is 0 Å². The number of anilines is 1. The van der Waals surface area contributed by atoms with Crippen molar-refractivity contribution >= 4 is 5.69 Å². The third-order valence-corrected chi connectivity index (χ3v) is 4.39. The molecule has 1 aromatic rings. The van der Waals surface area contributed by atoms with Crippen molar-refractivity contribution < 1.29 is 0 Å². The van der Waals surface area contributed by atoms with Gasteiger partial charge in [0.2, 0.25) is 0 Å². The van der Waals surface area contributed by atoms with Gasteiger partial charge in [0.1, 0.15) is 0 Å². The molecule has 1 aliphatic carbocycles. The van der Waals surface area contributed by atoms with Gasteiger partial charge >= 0.3 is 0 Å². The number of hydrogen-bond acceptors (Lipinski definition) is 1. The van der Waals surface area contributed by atoms with Crippen LogP contribution in [0.3, 0.4) is 0 Å². The van der Waals surface area contributed by atoms with Crippen molar-refractivity contribution in [3.05, 3.63) is 42.5 Å². The van der Waals surface area contributed by atoms with Gasteiger partial charge in [-0.3, -0.25) is 0 Å². The van der Waals surface area contributed by atoms with E-state index in [2.05, 4.69) is 49.2 Å². The molecule has 0 amide bonds. The summed E-state index contributed by atoms with van der Waals surface area (Å²) < 4.78 is 0. The maximum Gasteiger partial charge on any atom is 0.0408 e. The second kappa shape index (κ2) is 6.79. The Hall–Kier alpha value is -1.24. The van der Waals surface area contributed by atoms with E-state index in [1.165, 1.54) is 56.2 Å². The molecule has 1 saturated carbocycles. The summed E-state index contributed by atoms with van der Waals surface area (Å²) in [6.45, 7) is 6.17. The number of nitrogens with one attached hydrogen (secondary N) is 1. The van der Waals surface area contributed by atoms with Gasteiger partial charge in [-0.05, 0) is 37.8 Å². The molecule has 0 radical (unpaired) electrons. The lowest BCUT2D eigenvalue weighted by atomic mass is 9.81. The van der Waals surface area contributed by atoms with E-state index < -0.39 is 0 Å². The molecule has 1 aromatic carbocycles. The molecule has 2 rings (SSSR count). The number of benzene rings is 1. The summed E-state index contributed by atoms with van der Waals surface area (Å²) in [5, 5.41) is 3.86. The zero-order chi connectivity index (χ0) is 13.6. The molecule has 0 aromatic heterocycles. The quantitative estimate of drug-likeness (QED) is 0.706. The van der Waals surface area contributed by atoms with E-state index in [1.54, 1.807) is 0 Å². The molecular weight excluding hydrogens is 230 g/mol. The van der Waals surface area contributed by atoms with Gasteiger partial charge in [0.15, 0.2) is 0 Å². The molecule has 1 fully saturated rings. The topological polar surface area (TPSA) is 12.0 Å². The molecule has 1 nitrogen and oxygen atoms in total. The van der Waals surface area contributed by atoms with Crippen LogP contribution in [0.1, 0.15) is 56.9 Å². The number of aryl methyl sites for hydroxylation is 1. The highest BCUT2D eigenvalue weighted by atomic mass is 15.0. The number of rotatable bonds is 4. The van der Waals surface area contributed by atoms with E-state index in [9.17, 15) is 0 Å². The Labute approximate surface area is 118 Å². The van der Waals surface area contributed by atoms with Crippen molar-refractivity contribution in [2.24, 2.45) is 0 Å². The highest BCUT2D eigenvalue weighted by Gasteiger charge is 2.28. The molecule has 19 heavy (non-hydrogen) atoms. The molecule has 0 saturated heterocycles. The lowest BCUT2D eigenvalue weighted by Crippen LogP contribution is -2.38. The summed E-state index contributed by atoms with van der Waals surface area (Å²) in [6, 6.07) is 8.63. The Balaban J connectivity index is 2.17. The fourth-order valence-electron chi connectivity index (χ4n) is 3.24. The molecule has 0 heterocycles. The highest BCUT2D eigenvalue weighted by Crippen LogP contribution is 2.33. The Kier molecular flexibility index (Phi) is 5.07. The van der Waals surface area contributed by atoms with Crippen molar-refractivity contribution in [1.29, 1.82) is 0 Å². The second-order valence-electron chi connectivity index (χ2n) is 5.98.